The predicted molar refractivity (Wildman–Crippen MR) is 89.2 cm³/mol. The molecule has 0 aliphatic carbocycles. The van der Waals surface area contributed by atoms with Crippen LogP contribution in [0.4, 0.5) is 11.6 Å². The van der Waals surface area contributed by atoms with Crippen molar-refractivity contribution in [2.75, 3.05) is 31.1 Å². The number of piperazine rings is 1. The molecule has 136 valence electrons. The zero-order chi connectivity index (χ0) is 18.3. The van der Waals surface area contributed by atoms with Gasteiger partial charge < -0.3 is 15.0 Å². The van der Waals surface area contributed by atoms with Crippen LogP contribution in [0.25, 0.3) is 5.65 Å². The molecule has 1 aliphatic heterocycles. The zero-order valence-corrected chi connectivity index (χ0v) is 14.2. The number of imidazole rings is 1. The Morgan fingerprint density at radius 3 is 2.62 bits per heavy atom. The molecule has 0 amide bonds. The normalized spacial score (nSPS) is 16.2. The summed E-state index contributed by atoms with van der Waals surface area (Å²) in [6.07, 6.45) is 2.71. The topological polar surface area (TPSA) is 143 Å². The second-order valence-electron chi connectivity index (χ2n) is 5.63. The van der Waals surface area contributed by atoms with Crippen molar-refractivity contribution in [3.05, 3.63) is 40.8 Å². The smallest absolute Gasteiger partial charge is 0.358 e. The molecular formula is C13H14N8O4S. The van der Waals surface area contributed by atoms with Crippen LogP contribution in [0.1, 0.15) is 0 Å². The third-order valence-electron chi connectivity index (χ3n) is 4.18. The molecule has 12 nitrogen and oxygen atoms in total. The van der Waals surface area contributed by atoms with E-state index in [-0.39, 0.29) is 43.0 Å². The molecule has 0 aromatic carbocycles. The van der Waals surface area contributed by atoms with E-state index < -0.39 is 14.9 Å². The lowest BCUT2D eigenvalue weighted by Crippen LogP contribution is -2.49. The van der Waals surface area contributed by atoms with Gasteiger partial charge in [0.2, 0.25) is 11.5 Å². The first-order valence-corrected chi connectivity index (χ1v) is 9.14. The van der Waals surface area contributed by atoms with Crippen LogP contribution in [0.3, 0.4) is 0 Å². The summed E-state index contributed by atoms with van der Waals surface area (Å²) in [6, 6.07) is 5.12. The lowest BCUT2D eigenvalue weighted by molar-refractivity contribution is -0.389. The number of hydrogen-bond acceptors (Lipinski definition) is 8. The van der Waals surface area contributed by atoms with Crippen LogP contribution >= 0.6 is 0 Å². The number of fused-ring (bicyclic) bond motifs is 1. The number of pyridine rings is 1. The largest absolute Gasteiger partial charge is 0.372 e. The summed E-state index contributed by atoms with van der Waals surface area (Å²) in [5, 5.41) is 17.2. The van der Waals surface area contributed by atoms with Gasteiger partial charge in [0.1, 0.15) is 6.33 Å². The highest BCUT2D eigenvalue weighted by Gasteiger charge is 2.34. The molecule has 3 aromatic rings. The molecule has 0 spiro atoms. The highest BCUT2D eigenvalue weighted by Crippen LogP contribution is 2.30. The van der Waals surface area contributed by atoms with E-state index in [2.05, 4.69) is 20.2 Å². The van der Waals surface area contributed by atoms with Crippen molar-refractivity contribution in [1.29, 1.82) is 0 Å². The lowest BCUT2D eigenvalue weighted by Gasteiger charge is -2.33. The van der Waals surface area contributed by atoms with Crippen LogP contribution in [0.5, 0.6) is 0 Å². The molecule has 26 heavy (non-hydrogen) atoms. The monoisotopic (exact) mass is 378 g/mol. The van der Waals surface area contributed by atoms with Gasteiger partial charge >= 0.3 is 5.82 Å². The van der Waals surface area contributed by atoms with Crippen molar-refractivity contribution in [2.24, 2.45) is 0 Å². The van der Waals surface area contributed by atoms with E-state index in [1.54, 1.807) is 29.3 Å². The van der Waals surface area contributed by atoms with Crippen LogP contribution in [0.2, 0.25) is 0 Å². The molecular weight excluding hydrogens is 364 g/mol. The highest BCUT2D eigenvalue weighted by atomic mass is 32.2. The Kier molecular flexibility index (Phi) is 3.81. The first kappa shape index (κ1) is 16.4. The molecule has 0 bridgehead atoms. The molecule has 0 radical (unpaired) electrons. The van der Waals surface area contributed by atoms with Crippen LogP contribution < -0.4 is 4.90 Å². The van der Waals surface area contributed by atoms with Gasteiger partial charge in [0, 0.05) is 32.2 Å². The summed E-state index contributed by atoms with van der Waals surface area (Å²) in [6.45, 7) is 0.873. The molecule has 13 heteroatoms. The predicted octanol–water partition coefficient (Wildman–Crippen LogP) is -0.129. The Hall–Kier alpha value is -3.06. The van der Waals surface area contributed by atoms with Crippen molar-refractivity contribution < 1.29 is 13.3 Å². The number of sulfonamides is 1. The number of nitro groups is 1. The number of rotatable bonds is 4. The average Bonchev–Trinajstić information content (AvgIpc) is 3.30. The lowest BCUT2D eigenvalue weighted by atomic mass is 10.3. The molecule has 1 fully saturated rings. The minimum absolute atomic E-state index is 0.132. The van der Waals surface area contributed by atoms with Gasteiger partial charge in [-0.2, -0.15) is 18.8 Å². The van der Waals surface area contributed by atoms with E-state index in [0.29, 0.717) is 5.65 Å². The number of aromatic amines is 1. The number of nitrogens with zero attached hydrogens (tertiary/aromatic N) is 7. The van der Waals surface area contributed by atoms with E-state index in [1.165, 1.54) is 8.71 Å². The Morgan fingerprint density at radius 1 is 1.19 bits per heavy atom. The summed E-state index contributed by atoms with van der Waals surface area (Å²) < 4.78 is 27.6. The number of nitrogens with one attached hydrogen (secondary N) is 1. The summed E-state index contributed by atoms with van der Waals surface area (Å²) in [7, 11) is -3.76. The molecule has 0 saturated carbocycles. The van der Waals surface area contributed by atoms with E-state index in [9.17, 15) is 18.5 Å². The SMILES string of the molecule is O=[N+]([O-])c1c(N2CCN(S(=O)(=O)c3ncn[nH]3)CC2)nc2ccccn12. The molecule has 0 unspecified atom stereocenters. The van der Waals surface area contributed by atoms with Gasteiger partial charge in [-0.05, 0) is 11.0 Å². The van der Waals surface area contributed by atoms with Gasteiger partial charge in [-0.15, -0.1) is 0 Å². The van der Waals surface area contributed by atoms with Crippen molar-refractivity contribution in [3.63, 3.8) is 0 Å². The molecule has 1 N–H and O–H groups in total. The van der Waals surface area contributed by atoms with Gasteiger partial charge in [-0.1, -0.05) is 6.07 Å². The average molecular weight is 378 g/mol. The minimum Gasteiger partial charge on any atom is -0.358 e. The van der Waals surface area contributed by atoms with Crippen LogP contribution in [0.15, 0.2) is 35.9 Å². The Bertz CT molecular complexity index is 1050. The summed E-state index contributed by atoms with van der Waals surface area (Å²) in [5.74, 6) is 0.102. The maximum absolute atomic E-state index is 12.5. The molecule has 4 rings (SSSR count). The third kappa shape index (κ3) is 2.57. The van der Waals surface area contributed by atoms with E-state index in [1.807, 2.05) is 0 Å². The maximum atomic E-state index is 12.5. The number of anilines is 1. The fraction of sp³-hybridized carbons (Fsp3) is 0.308. The fourth-order valence-corrected chi connectivity index (χ4v) is 4.17. The summed E-state index contributed by atoms with van der Waals surface area (Å²) >= 11 is 0. The number of H-pyrrole nitrogens is 1. The number of aromatic nitrogens is 5. The minimum atomic E-state index is -3.76. The molecule has 1 aliphatic rings. The van der Waals surface area contributed by atoms with Crippen LogP contribution in [-0.2, 0) is 10.0 Å². The fourth-order valence-electron chi connectivity index (χ4n) is 2.93. The second-order valence-corrected chi connectivity index (χ2v) is 7.48. The molecule has 1 saturated heterocycles. The van der Waals surface area contributed by atoms with Crippen molar-refractivity contribution in [3.8, 4) is 0 Å². The molecule has 3 aromatic heterocycles. The van der Waals surface area contributed by atoms with Gasteiger partial charge in [0.15, 0.2) is 0 Å². The van der Waals surface area contributed by atoms with E-state index >= 15 is 0 Å². The van der Waals surface area contributed by atoms with Crippen molar-refractivity contribution in [1.82, 2.24) is 28.9 Å². The van der Waals surface area contributed by atoms with Crippen LogP contribution in [-0.4, -0.2) is 68.4 Å². The van der Waals surface area contributed by atoms with Gasteiger partial charge in [-0.3, -0.25) is 0 Å². The zero-order valence-electron chi connectivity index (χ0n) is 13.4. The third-order valence-corrected chi connectivity index (χ3v) is 5.91. The standard InChI is InChI=1S/C13H14N8O4S/c22-21(23)12-11(16-10-3-1-2-4-20(10)12)18-5-7-19(8-6-18)26(24,25)13-14-9-15-17-13/h1-4,9H,5-8H2,(H,14,15,17). The van der Waals surface area contributed by atoms with E-state index in [4.69, 9.17) is 0 Å². The molecule has 0 atom stereocenters. The maximum Gasteiger partial charge on any atom is 0.372 e. The first-order valence-electron chi connectivity index (χ1n) is 7.70. The Balaban J connectivity index is 1.60. The van der Waals surface area contributed by atoms with Gasteiger partial charge in [0.25, 0.3) is 15.2 Å². The first-order chi connectivity index (χ1) is 12.5. The second kappa shape index (κ2) is 6.03. The Morgan fingerprint density at radius 2 is 1.96 bits per heavy atom. The van der Waals surface area contributed by atoms with E-state index in [0.717, 1.165) is 6.33 Å². The van der Waals surface area contributed by atoms with Gasteiger partial charge in [-0.25, -0.2) is 18.5 Å². The van der Waals surface area contributed by atoms with Crippen molar-refractivity contribution >= 4 is 27.3 Å². The Labute approximate surface area is 147 Å². The summed E-state index contributed by atoms with van der Waals surface area (Å²) in [4.78, 5) is 20.8. The summed E-state index contributed by atoms with van der Waals surface area (Å²) in [5.41, 5.74) is 0.464. The number of hydrogen-bond donors (Lipinski definition) is 1. The molecule has 4 heterocycles. The van der Waals surface area contributed by atoms with Gasteiger partial charge in [0.05, 0.1) is 6.20 Å². The van der Waals surface area contributed by atoms with Crippen LogP contribution in [0, 0.1) is 10.1 Å². The van der Waals surface area contributed by atoms with Crippen molar-refractivity contribution in [2.45, 2.75) is 5.16 Å². The highest BCUT2D eigenvalue weighted by molar-refractivity contribution is 7.88. The quantitative estimate of drug-likeness (QED) is 0.489.